The van der Waals surface area contributed by atoms with Crippen LogP contribution in [0.15, 0.2) is 35.3 Å². The lowest BCUT2D eigenvalue weighted by atomic mass is 9.96. The maximum atomic E-state index is 13.2. The minimum Gasteiger partial charge on any atom is -0.481 e. The van der Waals surface area contributed by atoms with E-state index in [9.17, 15) is 39.0 Å². The average Bonchev–Trinajstić information content (AvgIpc) is 2.97. The van der Waals surface area contributed by atoms with Crippen LogP contribution < -0.4 is 38.9 Å². The van der Waals surface area contributed by atoms with Gasteiger partial charge in [0, 0.05) is 25.3 Å². The van der Waals surface area contributed by atoms with E-state index >= 15 is 0 Å². The molecular weight excluding hydrogens is 588 g/mol. The number of unbranched alkanes of at least 4 members (excludes halogenated alkanes) is 1. The first-order chi connectivity index (χ1) is 21.2. The fourth-order valence-electron chi connectivity index (χ4n) is 4.28. The van der Waals surface area contributed by atoms with Crippen LogP contribution in [-0.2, 0) is 35.2 Å². The molecule has 16 heteroatoms. The second kappa shape index (κ2) is 20.4. The number of carboxylic acid groups (broad SMARTS) is 2. The molecule has 1 aromatic rings. The predicted molar refractivity (Wildman–Crippen MR) is 165 cm³/mol. The number of carbonyl (C=O) groups excluding carboxylic acids is 4. The molecule has 0 aliphatic rings. The van der Waals surface area contributed by atoms with Gasteiger partial charge in [-0.3, -0.25) is 29.0 Å². The molecule has 0 spiro atoms. The molecule has 3 amide bonds. The van der Waals surface area contributed by atoms with Gasteiger partial charge >= 0.3 is 11.9 Å². The Labute approximate surface area is 261 Å². The van der Waals surface area contributed by atoms with Crippen molar-refractivity contribution in [3.63, 3.8) is 0 Å². The number of nitrogens with two attached hydrogens (primary N) is 4. The number of guanidine groups is 1. The summed E-state index contributed by atoms with van der Waals surface area (Å²) in [5.74, 6) is -6.72. The molecule has 5 atom stereocenters. The van der Waals surface area contributed by atoms with Gasteiger partial charge in [-0.25, -0.2) is 4.79 Å². The van der Waals surface area contributed by atoms with Gasteiger partial charge in [-0.05, 0) is 44.2 Å². The van der Waals surface area contributed by atoms with Gasteiger partial charge in [-0.15, -0.1) is 0 Å². The van der Waals surface area contributed by atoms with E-state index < -0.39 is 78.4 Å². The molecule has 0 bridgehead atoms. The fraction of sp³-hybridized carbons (Fsp3) is 0.552. The van der Waals surface area contributed by atoms with Crippen LogP contribution in [0.5, 0.6) is 0 Å². The molecule has 0 aliphatic heterocycles. The number of nitrogens with zero attached hydrogens (tertiary/aromatic N) is 1. The Hall–Kier alpha value is -4.57. The van der Waals surface area contributed by atoms with Crippen LogP contribution in [0.4, 0.5) is 0 Å². The summed E-state index contributed by atoms with van der Waals surface area (Å²) in [6, 6.07) is 3.73. The SMILES string of the molecule is CC(CC(=O)[C@H](CC(=O)O)NC(=O)[C@H](CCCCN)NC(=O)[C@@H](N)CCCN=C(N)N)C(=O)N[C@@H](Cc1ccccc1)C(=O)O. The Balaban J connectivity index is 2.92. The molecule has 1 unspecified atom stereocenters. The lowest BCUT2D eigenvalue weighted by molar-refractivity contribution is -0.143. The number of hydrogen-bond acceptors (Lipinski definition) is 9. The highest BCUT2D eigenvalue weighted by atomic mass is 16.4. The van der Waals surface area contributed by atoms with E-state index in [-0.39, 0.29) is 31.8 Å². The number of aliphatic imine (C=N–C) groups is 1. The summed E-state index contributed by atoms with van der Waals surface area (Å²) in [6.45, 7) is 1.97. The molecule has 0 radical (unpaired) electrons. The molecule has 16 nitrogen and oxygen atoms in total. The number of Topliss-reactive ketones (excluding diaryl/α,β-unsaturated/α-hetero) is 1. The van der Waals surface area contributed by atoms with Crippen LogP contribution in [0.25, 0.3) is 0 Å². The van der Waals surface area contributed by atoms with Crippen molar-refractivity contribution in [3.05, 3.63) is 35.9 Å². The van der Waals surface area contributed by atoms with Crippen LogP contribution >= 0.6 is 0 Å². The van der Waals surface area contributed by atoms with Gasteiger partial charge in [0.2, 0.25) is 17.7 Å². The molecule has 1 aromatic carbocycles. The Morgan fingerprint density at radius 3 is 2.00 bits per heavy atom. The summed E-state index contributed by atoms with van der Waals surface area (Å²) in [5, 5.41) is 26.3. The van der Waals surface area contributed by atoms with E-state index in [2.05, 4.69) is 20.9 Å². The number of carbonyl (C=O) groups is 6. The fourth-order valence-corrected chi connectivity index (χ4v) is 4.28. The Morgan fingerprint density at radius 1 is 0.800 bits per heavy atom. The van der Waals surface area contributed by atoms with E-state index in [1.807, 2.05) is 0 Å². The smallest absolute Gasteiger partial charge is 0.326 e. The number of rotatable bonds is 22. The number of hydrogen-bond donors (Lipinski definition) is 9. The third kappa shape index (κ3) is 15.6. The van der Waals surface area contributed by atoms with Crippen molar-refractivity contribution in [1.82, 2.24) is 16.0 Å². The van der Waals surface area contributed by atoms with Crippen molar-refractivity contribution in [1.29, 1.82) is 0 Å². The van der Waals surface area contributed by atoms with Gasteiger partial charge < -0.3 is 49.1 Å². The first-order valence-corrected chi connectivity index (χ1v) is 14.7. The molecule has 1 rings (SSSR count). The molecule has 250 valence electrons. The number of aliphatic carboxylic acids is 2. The van der Waals surface area contributed by atoms with E-state index in [1.54, 1.807) is 30.3 Å². The average molecular weight is 635 g/mol. The van der Waals surface area contributed by atoms with Gasteiger partial charge in [-0.1, -0.05) is 37.3 Å². The summed E-state index contributed by atoms with van der Waals surface area (Å²) < 4.78 is 0. The van der Waals surface area contributed by atoms with Gasteiger partial charge in [0.1, 0.15) is 12.1 Å². The standard InChI is InChI=1S/C29H46N8O8/c1-17(25(41)37-22(28(44)45)15-18-8-3-2-4-9-18)14-23(38)21(16-24(39)40)36-27(43)20(11-5-6-12-30)35-26(42)19(31)10-7-13-34-29(32)33/h2-4,8-9,17,19-22H,5-7,10-16,30-31H2,1H3,(H,35,42)(H,36,43)(H,37,41)(H,39,40)(H,44,45)(H4,32,33,34)/t17?,19-,20-,21-,22-/m0/s1. The molecule has 0 aliphatic carbocycles. The van der Waals surface area contributed by atoms with Crippen molar-refractivity contribution in [2.24, 2.45) is 33.8 Å². The number of nitrogens with one attached hydrogen (secondary N) is 3. The van der Waals surface area contributed by atoms with Crippen molar-refractivity contribution < 1.29 is 39.0 Å². The largest absolute Gasteiger partial charge is 0.481 e. The van der Waals surface area contributed by atoms with Crippen molar-refractivity contribution in [2.45, 2.75) is 82.5 Å². The molecule has 45 heavy (non-hydrogen) atoms. The van der Waals surface area contributed by atoms with Gasteiger partial charge in [0.25, 0.3) is 0 Å². The number of carboxylic acids is 2. The highest BCUT2D eigenvalue weighted by Crippen LogP contribution is 2.11. The number of amides is 3. The van der Waals surface area contributed by atoms with Crippen LogP contribution in [0.2, 0.25) is 0 Å². The maximum absolute atomic E-state index is 13.2. The normalized spacial score (nSPS) is 14.1. The zero-order valence-corrected chi connectivity index (χ0v) is 25.4. The first-order valence-electron chi connectivity index (χ1n) is 14.7. The second-order valence-electron chi connectivity index (χ2n) is 10.7. The Bertz CT molecular complexity index is 1180. The molecule has 0 saturated carbocycles. The van der Waals surface area contributed by atoms with E-state index in [0.29, 0.717) is 31.4 Å². The molecule has 0 aromatic heterocycles. The topological polar surface area (TPSA) is 295 Å². The monoisotopic (exact) mass is 634 g/mol. The molecule has 13 N–H and O–H groups in total. The Morgan fingerprint density at radius 2 is 1.42 bits per heavy atom. The molecular formula is C29H46N8O8. The second-order valence-corrected chi connectivity index (χ2v) is 10.7. The third-order valence-electron chi connectivity index (χ3n) is 6.82. The van der Waals surface area contributed by atoms with Crippen molar-refractivity contribution >= 4 is 41.4 Å². The summed E-state index contributed by atoms with van der Waals surface area (Å²) in [6.07, 6.45) is 0.487. The summed E-state index contributed by atoms with van der Waals surface area (Å²) in [7, 11) is 0. The molecule has 0 saturated heterocycles. The van der Waals surface area contributed by atoms with Crippen LogP contribution in [-0.4, -0.2) is 88.9 Å². The quantitative estimate of drug-likeness (QED) is 0.0394. The number of ketones is 1. The van der Waals surface area contributed by atoms with Crippen LogP contribution in [0, 0.1) is 5.92 Å². The van der Waals surface area contributed by atoms with Gasteiger partial charge in [0.05, 0.1) is 18.5 Å². The van der Waals surface area contributed by atoms with Gasteiger partial charge in [0.15, 0.2) is 11.7 Å². The number of benzene rings is 1. The third-order valence-corrected chi connectivity index (χ3v) is 6.82. The lowest BCUT2D eigenvalue weighted by Gasteiger charge is -2.24. The lowest BCUT2D eigenvalue weighted by Crippen LogP contribution is -2.55. The maximum Gasteiger partial charge on any atom is 0.326 e. The summed E-state index contributed by atoms with van der Waals surface area (Å²) in [4.78, 5) is 79.0. The van der Waals surface area contributed by atoms with Crippen LogP contribution in [0.1, 0.15) is 57.4 Å². The predicted octanol–water partition coefficient (Wildman–Crippen LogP) is -1.65. The molecule has 0 heterocycles. The van der Waals surface area contributed by atoms with Crippen LogP contribution in [0.3, 0.4) is 0 Å². The summed E-state index contributed by atoms with van der Waals surface area (Å²) in [5.41, 5.74) is 22.7. The van der Waals surface area contributed by atoms with Crippen molar-refractivity contribution in [2.75, 3.05) is 13.1 Å². The summed E-state index contributed by atoms with van der Waals surface area (Å²) >= 11 is 0. The zero-order chi connectivity index (χ0) is 33.9. The first kappa shape index (κ1) is 38.5. The Kier molecular flexibility index (Phi) is 17.4. The highest BCUT2D eigenvalue weighted by molar-refractivity contribution is 5.97. The van der Waals surface area contributed by atoms with Crippen molar-refractivity contribution in [3.8, 4) is 0 Å². The zero-order valence-electron chi connectivity index (χ0n) is 25.4. The minimum atomic E-state index is -1.52. The highest BCUT2D eigenvalue weighted by Gasteiger charge is 2.31. The van der Waals surface area contributed by atoms with E-state index in [4.69, 9.17) is 22.9 Å². The van der Waals surface area contributed by atoms with Gasteiger partial charge in [-0.2, -0.15) is 0 Å². The minimum absolute atomic E-state index is 0.0114. The van der Waals surface area contributed by atoms with E-state index in [1.165, 1.54) is 6.92 Å². The molecule has 0 fully saturated rings. The van der Waals surface area contributed by atoms with E-state index in [0.717, 1.165) is 0 Å².